The molecule has 1 heterocycles. The lowest BCUT2D eigenvalue weighted by molar-refractivity contribution is 0.0664. The summed E-state index contributed by atoms with van der Waals surface area (Å²) >= 11 is 0. The van der Waals surface area contributed by atoms with Crippen molar-refractivity contribution in [2.45, 2.75) is 26.1 Å². The Labute approximate surface area is 165 Å². The van der Waals surface area contributed by atoms with Crippen molar-refractivity contribution in [2.24, 2.45) is 0 Å². The van der Waals surface area contributed by atoms with Crippen LogP contribution in [0.1, 0.15) is 41.0 Å². The van der Waals surface area contributed by atoms with E-state index in [-0.39, 0.29) is 12.1 Å². The fourth-order valence-corrected chi connectivity index (χ4v) is 3.53. The monoisotopic (exact) mass is 372 g/mol. The third-order valence-corrected chi connectivity index (χ3v) is 4.89. The van der Waals surface area contributed by atoms with Crippen LogP contribution in [-0.4, -0.2) is 17.4 Å². The van der Waals surface area contributed by atoms with Gasteiger partial charge in [-0.3, -0.25) is 4.79 Å². The molecule has 0 aliphatic carbocycles. The van der Waals surface area contributed by atoms with E-state index in [9.17, 15) is 4.79 Å². The van der Waals surface area contributed by atoms with Crippen molar-refractivity contribution >= 4 is 11.6 Å². The van der Waals surface area contributed by atoms with Crippen LogP contribution < -0.4 is 10.1 Å². The number of nitrogens with zero attached hydrogens (tertiary/aromatic N) is 1. The number of amides is 1. The molecule has 1 unspecified atom stereocenters. The van der Waals surface area contributed by atoms with Gasteiger partial charge in [-0.15, -0.1) is 0 Å². The van der Waals surface area contributed by atoms with E-state index in [1.165, 1.54) is 0 Å². The minimum Gasteiger partial charge on any atom is -0.493 e. The van der Waals surface area contributed by atoms with Crippen molar-refractivity contribution < 1.29 is 9.53 Å². The SMILES string of the molecule is CCCOc1ccccc1C1Nc2ccccc2C(=O)N1Cc1ccccc1. The zero-order valence-electron chi connectivity index (χ0n) is 16.0. The molecular formula is C24H24N2O2. The topological polar surface area (TPSA) is 41.6 Å². The van der Waals surface area contributed by atoms with Crippen LogP contribution in [0.25, 0.3) is 0 Å². The molecule has 3 aromatic rings. The largest absolute Gasteiger partial charge is 0.493 e. The molecule has 1 amide bonds. The Kier molecular flexibility index (Phi) is 5.29. The molecule has 1 atom stereocenters. The van der Waals surface area contributed by atoms with Gasteiger partial charge in [0, 0.05) is 17.8 Å². The average Bonchev–Trinajstić information content (AvgIpc) is 2.75. The second-order valence-electron chi connectivity index (χ2n) is 6.90. The maximum Gasteiger partial charge on any atom is 0.258 e. The molecule has 4 heteroatoms. The van der Waals surface area contributed by atoms with E-state index in [1.54, 1.807) is 0 Å². The van der Waals surface area contributed by atoms with E-state index in [0.717, 1.165) is 29.0 Å². The zero-order chi connectivity index (χ0) is 19.3. The lowest BCUT2D eigenvalue weighted by Crippen LogP contribution is -2.42. The molecule has 1 aliphatic heterocycles. The molecule has 0 saturated carbocycles. The Hall–Kier alpha value is -3.27. The van der Waals surface area contributed by atoms with E-state index < -0.39 is 0 Å². The molecule has 28 heavy (non-hydrogen) atoms. The predicted molar refractivity (Wildman–Crippen MR) is 111 cm³/mol. The normalized spacial score (nSPS) is 15.7. The number of fused-ring (bicyclic) bond motifs is 1. The molecule has 0 bridgehead atoms. The molecule has 0 fully saturated rings. The first-order valence-corrected chi connectivity index (χ1v) is 9.70. The number of nitrogens with one attached hydrogen (secondary N) is 1. The highest BCUT2D eigenvalue weighted by molar-refractivity contribution is 6.01. The van der Waals surface area contributed by atoms with Crippen molar-refractivity contribution in [3.8, 4) is 5.75 Å². The molecule has 142 valence electrons. The molecule has 0 radical (unpaired) electrons. The number of hydrogen-bond acceptors (Lipinski definition) is 3. The van der Waals surface area contributed by atoms with Crippen molar-refractivity contribution in [1.29, 1.82) is 0 Å². The van der Waals surface area contributed by atoms with Crippen LogP contribution in [-0.2, 0) is 6.54 Å². The van der Waals surface area contributed by atoms with E-state index in [1.807, 2.05) is 83.8 Å². The first-order valence-electron chi connectivity index (χ1n) is 9.70. The summed E-state index contributed by atoms with van der Waals surface area (Å²) in [4.78, 5) is 15.3. The fourth-order valence-electron chi connectivity index (χ4n) is 3.53. The molecular weight excluding hydrogens is 348 g/mol. The maximum atomic E-state index is 13.4. The summed E-state index contributed by atoms with van der Waals surface area (Å²) in [6.45, 7) is 3.25. The van der Waals surface area contributed by atoms with Gasteiger partial charge in [0.1, 0.15) is 11.9 Å². The highest BCUT2D eigenvalue weighted by Gasteiger charge is 2.34. The quantitative estimate of drug-likeness (QED) is 0.643. The highest BCUT2D eigenvalue weighted by atomic mass is 16.5. The van der Waals surface area contributed by atoms with Crippen LogP contribution in [0, 0.1) is 0 Å². The molecule has 1 aliphatic rings. The smallest absolute Gasteiger partial charge is 0.258 e. The van der Waals surface area contributed by atoms with Crippen LogP contribution in [0.5, 0.6) is 5.75 Å². The average molecular weight is 372 g/mol. The van der Waals surface area contributed by atoms with Crippen molar-refractivity contribution in [2.75, 3.05) is 11.9 Å². The molecule has 3 aromatic carbocycles. The Morgan fingerprint density at radius 2 is 1.64 bits per heavy atom. The van der Waals surface area contributed by atoms with E-state index in [4.69, 9.17) is 4.74 Å². The number of anilines is 1. The molecule has 0 saturated heterocycles. The molecule has 4 nitrogen and oxygen atoms in total. The number of benzene rings is 3. The van der Waals surface area contributed by atoms with E-state index >= 15 is 0 Å². The Morgan fingerprint density at radius 1 is 0.929 bits per heavy atom. The highest BCUT2D eigenvalue weighted by Crippen LogP contribution is 2.37. The van der Waals surface area contributed by atoms with Crippen LogP contribution in [0.15, 0.2) is 78.9 Å². The van der Waals surface area contributed by atoms with E-state index in [2.05, 4.69) is 12.2 Å². The van der Waals surface area contributed by atoms with Crippen LogP contribution in [0.3, 0.4) is 0 Å². The number of para-hydroxylation sites is 2. The zero-order valence-corrected chi connectivity index (χ0v) is 16.0. The number of carbonyl (C=O) groups is 1. The van der Waals surface area contributed by atoms with Crippen molar-refractivity contribution in [3.63, 3.8) is 0 Å². The lowest BCUT2D eigenvalue weighted by Gasteiger charge is -2.38. The summed E-state index contributed by atoms with van der Waals surface area (Å²) in [5, 5.41) is 3.56. The number of hydrogen-bond donors (Lipinski definition) is 1. The second-order valence-corrected chi connectivity index (χ2v) is 6.90. The second kappa shape index (κ2) is 8.17. The van der Waals surface area contributed by atoms with Gasteiger partial charge in [0.2, 0.25) is 0 Å². The summed E-state index contributed by atoms with van der Waals surface area (Å²) in [7, 11) is 0. The summed E-state index contributed by atoms with van der Waals surface area (Å²) in [6.07, 6.45) is 0.637. The molecule has 4 rings (SSSR count). The Bertz CT molecular complexity index is 956. The molecule has 1 N–H and O–H groups in total. The number of ether oxygens (including phenoxy) is 1. The van der Waals surface area contributed by atoms with Gasteiger partial charge in [0.15, 0.2) is 0 Å². The van der Waals surface area contributed by atoms with Gasteiger partial charge in [-0.05, 0) is 30.2 Å². The van der Waals surface area contributed by atoms with Gasteiger partial charge in [-0.1, -0.05) is 67.6 Å². The van der Waals surface area contributed by atoms with Gasteiger partial charge < -0.3 is 15.0 Å². The van der Waals surface area contributed by atoms with Crippen LogP contribution >= 0.6 is 0 Å². The Balaban J connectivity index is 1.76. The third-order valence-electron chi connectivity index (χ3n) is 4.89. The first-order chi connectivity index (χ1) is 13.8. The Morgan fingerprint density at radius 3 is 2.46 bits per heavy atom. The van der Waals surface area contributed by atoms with Crippen LogP contribution in [0.4, 0.5) is 5.69 Å². The molecule has 0 aromatic heterocycles. The minimum atomic E-state index is -0.296. The van der Waals surface area contributed by atoms with Gasteiger partial charge >= 0.3 is 0 Å². The third kappa shape index (κ3) is 3.58. The van der Waals surface area contributed by atoms with Crippen molar-refractivity contribution in [3.05, 3.63) is 95.6 Å². The van der Waals surface area contributed by atoms with Crippen molar-refractivity contribution in [1.82, 2.24) is 4.90 Å². The van der Waals surface area contributed by atoms with Gasteiger partial charge in [0.05, 0.1) is 12.2 Å². The van der Waals surface area contributed by atoms with Gasteiger partial charge in [-0.25, -0.2) is 0 Å². The van der Waals surface area contributed by atoms with E-state index in [0.29, 0.717) is 18.7 Å². The number of carbonyl (C=O) groups excluding carboxylic acids is 1. The summed E-state index contributed by atoms with van der Waals surface area (Å²) < 4.78 is 5.98. The molecule has 0 spiro atoms. The predicted octanol–water partition coefficient (Wildman–Crippen LogP) is 5.24. The number of rotatable bonds is 6. The minimum absolute atomic E-state index is 0.0218. The summed E-state index contributed by atoms with van der Waals surface area (Å²) in [5.74, 6) is 0.834. The van der Waals surface area contributed by atoms with Crippen LogP contribution in [0.2, 0.25) is 0 Å². The summed E-state index contributed by atoms with van der Waals surface area (Å²) in [5.41, 5.74) is 3.61. The first kappa shape index (κ1) is 18.1. The summed E-state index contributed by atoms with van der Waals surface area (Å²) in [6, 6.07) is 25.7. The maximum absolute atomic E-state index is 13.4. The fraction of sp³-hybridized carbons (Fsp3) is 0.208. The standard InChI is InChI=1S/C24H24N2O2/c1-2-16-28-22-15-9-7-13-20(22)23-25-21-14-8-6-12-19(21)24(27)26(23)17-18-10-4-3-5-11-18/h3-15,23,25H,2,16-17H2,1H3. The van der Waals surface area contributed by atoms with Gasteiger partial charge in [-0.2, -0.15) is 0 Å². The van der Waals surface area contributed by atoms with Gasteiger partial charge in [0.25, 0.3) is 5.91 Å². The lowest BCUT2D eigenvalue weighted by atomic mass is 10.0.